The highest BCUT2D eigenvalue weighted by molar-refractivity contribution is 9.10. The van der Waals surface area contributed by atoms with E-state index in [-0.39, 0.29) is 11.9 Å². The van der Waals surface area contributed by atoms with E-state index in [4.69, 9.17) is 0 Å². The molecule has 106 valence electrons. The lowest BCUT2D eigenvalue weighted by molar-refractivity contribution is 0.542. The van der Waals surface area contributed by atoms with Crippen molar-refractivity contribution in [2.75, 3.05) is 6.54 Å². The van der Waals surface area contributed by atoms with Crippen molar-refractivity contribution in [2.24, 2.45) is 0 Å². The van der Waals surface area contributed by atoms with E-state index in [1.807, 2.05) is 12.1 Å². The predicted octanol–water partition coefficient (Wildman–Crippen LogP) is 4.83. The average Bonchev–Trinajstić information content (AvgIpc) is 2.44. The van der Waals surface area contributed by atoms with Crippen LogP contribution in [0.2, 0.25) is 0 Å². The van der Waals surface area contributed by atoms with E-state index in [2.05, 4.69) is 49.1 Å². The lowest BCUT2D eigenvalue weighted by atomic mass is 9.99. The fraction of sp³-hybridized carbons (Fsp3) is 0.267. The van der Waals surface area contributed by atoms with Crippen molar-refractivity contribution in [3.8, 4) is 0 Å². The Hall–Kier alpha value is -0.780. The number of nitrogens with one attached hydrogen (secondary N) is 1. The van der Waals surface area contributed by atoms with Crippen molar-refractivity contribution in [1.29, 1.82) is 0 Å². The van der Waals surface area contributed by atoms with Crippen LogP contribution in [0.15, 0.2) is 45.6 Å². The van der Waals surface area contributed by atoms with Crippen LogP contribution in [0.25, 0.3) is 0 Å². The molecule has 0 saturated carbocycles. The summed E-state index contributed by atoms with van der Waals surface area (Å²) in [4.78, 5) is 4.17. The molecule has 0 aliphatic heterocycles. The number of rotatable bonds is 5. The van der Waals surface area contributed by atoms with Gasteiger partial charge in [-0.1, -0.05) is 19.1 Å². The monoisotopic (exact) mass is 400 g/mol. The van der Waals surface area contributed by atoms with Gasteiger partial charge in [0.15, 0.2) is 0 Å². The van der Waals surface area contributed by atoms with E-state index in [0.717, 1.165) is 23.0 Å². The number of pyridine rings is 1. The smallest absolute Gasteiger partial charge is 0.142 e. The van der Waals surface area contributed by atoms with E-state index >= 15 is 0 Å². The first-order valence-electron chi connectivity index (χ1n) is 6.41. The first-order chi connectivity index (χ1) is 9.63. The minimum absolute atomic E-state index is 0.211. The van der Waals surface area contributed by atoms with E-state index in [9.17, 15) is 4.39 Å². The Morgan fingerprint density at radius 2 is 2.10 bits per heavy atom. The van der Waals surface area contributed by atoms with E-state index < -0.39 is 0 Å². The molecule has 1 N–H and O–H groups in total. The molecule has 0 saturated heterocycles. The Morgan fingerprint density at radius 1 is 1.30 bits per heavy atom. The molecule has 0 fully saturated rings. The summed E-state index contributed by atoms with van der Waals surface area (Å²) in [5, 5.41) is 3.38. The minimum atomic E-state index is -0.235. The second-order valence-electron chi connectivity index (χ2n) is 4.47. The second-order valence-corrected chi connectivity index (χ2v) is 6.24. The quantitative estimate of drug-likeness (QED) is 0.775. The minimum Gasteiger partial charge on any atom is -0.306 e. The van der Waals surface area contributed by atoms with Gasteiger partial charge >= 0.3 is 0 Å². The third-order valence-electron chi connectivity index (χ3n) is 2.95. The Kier molecular flexibility index (Phi) is 5.69. The SMILES string of the molecule is CCCNC(c1cncc(Br)c1)c1cccc(Br)c1F. The number of nitrogens with zero attached hydrogens (tertiary/aromatic N) is 1. The number of aromatic nitrogens is 1. The molecule has 2 rings (SSSR count). The lowest BCUT2D eigenvalue weighted by Gasteiger charge is -2.20. The highest BCUT2D eigenvalue weighted by Crippen LogP contribution is 2.29. The summed E-state index contributed by atoms with van der Waals surface area (Å²) in [5.74, 6) is -0.235. The van der Waals surface area contributed by atoms with Gasteiger partial charge < -0.3 is 5.32 Å². The molecule has 0 spiro atoms. The summed E-state index contributed by atoms with van der Waals surface area (Å²) in [5.41, 5.74) is 1.55. The molecule has 2 aromatic rings. The molecule has 1 aromatic heterocycles. The molecular weight excluding hydrogens is 387 g/mol. The highest BCUT2D eigenvalue weighted by atomic mass is 79.9. The number of hydrogen-bond donors (Lipinski definition) is 1. The molecule has 0 radical (unpaired) electrons. The van der Waals surface area contributed by atoms with Gasteiger partial charge in [0, 0.05) is 22.4 Å². The highest BCUT2D eigenvalue weighted by Gasteiger charge is 2.19. The molecule has 1 heterocycles. The van der Waals surface area contributed by atoms with Gasteiger partial charge in [0.1, 0.15) is 5.82 Å². The van der Waals surface area contributed by atoms with Crippen molar-refractivity contribution in [2.45, 2.75) is 19.4 Å². The molecule has 1 atom stereocenters. The third-order valence-corrected chi connectivity index (χ3v) is 4.00. The Labute approximate surface area is 135 Å². The third kappa shape index (κ3) is 3.65. The first-order valence-corrected chi connectivity index (χ1v) is 7.99. The van der Waals surface area contributed by atoms with Gasteiger partial charge in [0.05, 0.1) is 10.5 Å². The van der Waals surface area contributed by atoms with Crippen molar-refractivity contribution in [3.63, 3.8) is 0 Å². The van der Waals surface area contributed by atoms with Crippen LogP contribution in [-0.4, -0.2) is 11.5 Å². The normalized spacial score (nSPS) is 12.4. The molecule has 0 aliphatic rings. The van der Waals surface area contributed by atoms with E-state index in [1.165, 1.54) is 0 Å². The molecule has 1 aromatic carbocycles. The Balaban J connectivity index is 2.44. The van der Waals surface area contributed by atoms with Gasteiger partial charge in [-0.15, -0.1) is 0 Å². The van der Waals surface area contributed by atoms with Gasteiger partial charge in [0.2, 0.25) is 0 Å². The van der Waals surface area contributed by atoms with Crippen LogP contribution in [0.3, 0.4) is 0 Å². The summed E-state index contributed by atoms with van der Waals surface area (Å²) in [6.45, 7) is 2.89. The summed E-state index contributed by atoms with van der Waals surface area (Å²) in [6, 6.07) is 7.09. The fourth-order valence-corrected chi connectivity index (χ4v) is 2.79. The molecule has 2 nitrogen and oxygen atoms in total. The van der Waals surface area contributed by atoms with Crippen molar-refractivity contribution < 1.29 is 4.39 Å². The predicted molar refractivity (Wildman–Crippen MR) is 86.2 cm³/mol. The molecule has 20 heavy (non-hydrogen) atoms. The van der Waals surface area contributed by atoms with Crippen LogP contribution < -0.4 is 5.32 Å². The zero-order valence-corrected chi connectivity index (χ0v) is 14.2. The fourth-order valence-electron chi connectivity index (χ4n) is 2.03. The number of halogens is 3. The van der Waals surface area contributed by atoms with Crippen LogP contribution in [0, 0.1) is 5.82 Å². The molecule has 1 unspecified atom stereocenters. The maximum atomic E-state index is 14.3. The van der Waals surface area contributed by atoms with Gasteiger partial charge in [-0.2, -0.15) is 0 Å². The standard InChI is InChI=1S/C15H15Br2FN2/c1-2-6-20-15(10-7-11(16)9-19-8-10)12-4-3-5-13(17)14(12)18/h3-5,7-9,15,20H,2,6H2,1H3. The lowest BCUT2D eigenvalue weighted by Crippen LogP contribution is -2.24. The topological polar surface area (TPSA) is 24.9 Å². The summed E-state index contributed by atoms with van der Waals surface area (Å²) in [7, 11) is 0. The van der Waals surface area contributed by atoms with Crippen LogP contribution in [0.5, 0.6) is 0 Å². The molecule has 0 aliphatic carbocycles. The van der Waals surface area contributed by atoms with Crippen LogP contribution in [0.4, 0.5) is 4.39 Å². The van der Waals surface area contributed by atoms with Crippen LogP contribution >= 0.6 is 31.9 Å². The van der Waals surface area contributed by atoms with Gasteiger partial charge in [-0.3, -0.25) is 4.98 Å². The number of benzene rings is 1. The van der Waals surface area contributed by atoms with Gasteiger partial charge in [-0.05, 0) is 62.5 Å². The van der Waals surface area contributed by atoms with Crippen LogP contribution in [0.1, 0.15) is 30.5 Å². The Morgan fingerprint density at radius 3 is 2.80 bits per heavy atom. The van der Waals surface area contributed by atoms with Crippen molar-refractivity contribution in [1.82, 2.24) is 10.3 Å². The van der Waals surface area contributed by atoms with E-state index in [1.54, 1.807) is 24.5 Å². The number of hydrogen-bond acceptors (Lipinski definition) is 2. The summed E-state index contributed by atoms with van der Waals surface area (Å²) in [6.07, 6.45) is 4.46. The summed E-state index contributed by atoms with van der Waals surface area (Å²) >= 11 is 6.65. The van der Waals surface area contributed by atoms with E-state index in [0.29, 0.717) is 10.0 Å². The molecule has 5 heteroatoms. The maximum Gasteiger partial charge on any atom is 0.142 e. The molecule has 0 amide bonds. The molecular formula is C15H15Br2FN2. The van der Waals surface area contributed by atoms with Crippen molar-refractivity contribution >= 4 is 31.9 Å². The van der Waals surface area contributed by atoms with Crippen LogP contribution in [-0.2, 0) is 0 Å². The van der Waals surface area contributed by atoms with Gasteiger partial charge in [-0.25, -0.2) is 4.39 Å². The van der Waals surface area contributed by atoms with Gasteiger partial charge in [0.25, 0.3) is 0 Å². The first kappa shape index (κ1) is 15.6. The van der Waals surface area contributed by atoms with Crippen molar-refractivity contribution in [3.05, 3.63) is 62.5 Å². The Bertz CT molecular complexity index is 590. The average molecular weight is 402 g/mol. The maximum absolute atomic E-state index is 14.3. The second kappa shape index (κ2) is 7.29. The zero-order valence-electron chi connectivity index (χ0n) is 11.0. The zero-order chi connectivity index (χ0) is 14.5. The summed E-state index contributed by atoms with van der Waals surface area (Å²) < 4.78 is 15.7. The molecule has 0 bridgehead atoms. The largest absolute Gasteiger partial charge is 0.306 e.